The van der Waals surface area contributed by atoms with Gasteiger partial charge in [0, 0.05) is 29.9 Å². The van der Waals surface area contributed by atoms with E-state index in [1.165, 1.54) is 0 Å². The second kappa shape index (κ2) is 6.91. The fourth-order valence-corrected chi connectivity index (χ4v) is 3.07. The van der Waals surface area contributed by atoms with Gasteiger partial charge in [-0.3, -0.25) is 0 Å². The number of aliphatic hydroxyl groups excluding tert-OH is 1. The molecule has 1 aliphatic carbocycles. The first-order chi connectivity index (χ1) is 12.3. The van der Waals surface area contributed by atoms with E-state index in [-0.39, 0.29) is 0 Å². The first-order valence-corrected chi connectivity index (χ1v) is 8.49. The molecule has 3 aromatic heterocycles. The second-order valence-corrected chi connectivity index (χ2v) is 6.09. The number of fused-ring (bicyclic) bond motifs is 1. The molecule has 126 valence electrons. The Morgan fingerprint density at radius 2 is 2.16 bits per heavy atom. The number of aliphatic hydroxyl groups is 1. The molecule has 0 bridgehead atoms. The molecule has 3 aromatic rings. The van der Waals surface area contributed by atoms with E-state index in [0.29, 0.717) is 6.54 Å². The third-order valence-corrected chi connectivity index (χ3v) is 4.37. The SMILES string of the molecule is OC(CNc1cccc(-c2ccnc3[nH]ccc23)n1)C1=CCCC=C1. The molecular formula is C20H20N4O. The monoisotopic (exact) mass is 332 g/mol. The molecule has 0 amide bonds. The fraction of sp³-hybridized carbons (Fsp3) is 0.200. The van der Waals surface area contributed by atoms with Crippen molar-refractivity contribution >= 4 is 16.9 Å². The largest absolute Gasteiger partial charge is 0.387 e. The van der Waals surface area contributed by atoms with Gasteiger partial charge < -0.3 is 15.4 Å². The molecule has 1 atom stereocenters. The van der Waals surface area contributed by atoms with Crippen molar-refractivity contribution in [1.29, 1.82) is 0 Å². The Hall–Kier alpha value is -2.92. The number of allylic oxidation sites excluding steroid dienone is 2. The summed E-state index contributed by atoms with van der Waals surface area (Å²) in [4.78, 5) is 12.1. The number of hydrogen-bond donors (Lipinski definition) is 3. The lowest BCUT2D eigenvalue weighted by molar-refractivity contribution is 0.227. The highest BCUT2D eigenvalue weighted by Crippen LogP contribution is 2.26. The zero-order valence-corrected chi connectivity index (χ0v) is 13.8. The topological polar surface area (TPSA) is 73.8 Å². The average molecular weight is 332 g/mol. The maximum atomic E-state index is 10.3. The number of nitrogens with one attached hydrogen (secondary N) is 2. The van der Waals surface area contributed by atoms with Crippen LogP contribution < -0.4 is 5.32 Å². The van der Waals surface area contributed by atoms with Crippen LogP contribution in [0.1, 0.15) is 12.8 Å². The number of rotatable bonds is 5. The molecule has 3 N–H and O–H groups in total. The smallest absolute Gasteiger partial charge is 0.137 e. The molecule has 0 saturated carbocycles. The molecule has 0 spiro atoms. The normalized spacial score (nSPS) is 15.2. The predicted molar refractivity (Wildman–Crippen MR) is 100 cm³/mol. The van der Waals surface area contributed by atoms with E-state index in [9.17, 15) is 5.11 Å². The molecule has 1 unspecified atom stereocenters. The van der Waals surface area contributed by atoms with Gasteiger partial charge in [-0.15, -0.1) is 0 Å². The number of anilines is 1. The first kappa shape index (κ1) is 15.6. The van der Waals surface area contributed by atoms with Crippen LogP contribution in [0.25, 0.3) is 22.3 Å². The zero-order valence-electron chi connectivity index (χ0n) is 13.8. The molecule has 4 rings (SSSR count). The lowest BCUT2D eigenvalue weighted by atomic mass is 10.0. The molecule has 25 heavy (non-hydrogen) atoms. The summed E-state index contributed by atoms with van der Waals surface area (Å²) in [6, 6.07) is 9.84. The van der Waals surface area contributed by atoms with Crippen molar-refractivity contribution in [2.24, 2.45) is 0 Å². The second-order valence-electron chi connectivity index (χ2n) is 6.09. The Labute approximate surface area is 146 Å². The van der Waals surface area contributed by atoms with Crippen LogP contribution in [-0.2, 0) is 0 Å². The number of nitrogens with zero attached hydrogens (tertiary/aromatic N) is 2. The van der Waals surface area contributed by atoms with Crippen molar-refractivity contribution in [1.82, 2.24) is 15.0 Å². The fourth-order valence-electron chi connectivity index (χ4n) is 3.07. The molecule has 0 fully saturated rings. The third-order valence-electron chi connectivity index (χ3n) is 4.37. The predicted octanol–water partition coefficient (Wildman–Crippen LogP) is 3.67. The van der Waals surface area contributed by atoms with Crippen molar-refractivity contribution in [3.63, 3.8) is 0 Å². The van der Waals surface area contributed by atoms with Gasteiger partial charge in [-0.2, -0.15) is 0 Å². The average Bonchev–Trinajstić information content (AvgIpc) is 3.16. The molecule has 0 aliphatic heterocycles. The van der Waals surface area contributed by atoms with Crippen molar-refractivity contribution in [2.45, 2.75) is 18.9 Å². The number of aromatic amines is 1. The number of H-pyrrole nitrogens is 1. The summed E-state index contributed by atoms with van der Waals surface area (Å²) in [6.45, 7) is 0.433. The summed E-state index contributed by atoms with van der Waals surface area (Å²) in [7, 11) is 0. The lowest BCUT2D eigenvalue weighted by Crippen LogP contribution is -2.22. The quantitative estimate of drug-likeness (QED) is 0.666. The van der Waals surface area contributed by atoms with Crippen molar-refractivity contribution in [3.8, 4) is 11.3 Å². The Balaban J connectivity index is 1.53. The third kappa shape index (κ3) is 3.32. The number of pyridine rings is 2. The van der Waals surface area contributed by atoms with Gasteiger partial charge in [-0.05, 0) is 42.7 Å². The van der Waals surface area contributed by atoms with Crippen molar-refractivity contribution < 1.29 is 5.11 Å². The van der Waals surface area contributed by atoms with Gasteiger partial charge in [0.2, 0.25) is 0 Å². The minimum absolute atomic E-state index is 0.433. The van der Waals surface area contributed by atoms with Gasteiger partial charge in [0.15, 0.2) is 0 Å². The van der Waals surface area contributed by atoms with Gasteiger partial charge in [0.25, 0.3) is 0 Å². The molecule has 0 radical (unpaired) electrons. The van der Waals surface area contributed by atoms with Crippen LogP contribution in [0.4, 0.5) is 5.82 Å². The minimum Gasteiger partial charge on any atom is -0.387 e. The Bertz CT molecular complexity index is 942. The van der Waals surface area contributed by atoms with E-state index in [2.05, 4.69) is 32.4 Å². The van der Waals surface area contributed by atoms with Gasteiger partial charge >= 0.3 is 0 Å². The lowest BCUT2D eigenvalue weighted by Gasteiger charge is -2.16. The number of aromatic nitrogens is 3. The summed E-state index contributed by atoms with van der Waals surface area (Å²) >= 11 is 0. The Morgan fingerprint density at radius 1 is 1.20 bits per heavy atom. The van der Waals surface area contributed by atoms with E-state index in [0.717, 1.165) is 46.5 Å². The van der Waals surface area contributed by atoms with E-state index >= 15 is 0 Å². The highest BCUT2D eigenvalue weighted by Gasteiger charge is 2.11. The summed E-state index contributed by atoms with van der Waals surface area (Å²) < 4.78 is 0. The van der Waals surface area contributed by atoms with Crippen LogP contribution in [0, 0.1) is 0 Å². The maximum absolute atomic E-state index is 10.3. The Kier molecular flexibility index (Phi) is 4.31. The molecular weight excluding hydrogens is 312 g/mol. The molecule has 3 heterocycles. The van der Waals surface area contributed by atoms with Crippen LogP contribution in [0.5, 0.6) is 0 Å². The summed E-state index contributed by atoms with van der Waals surface area (Å²) in [6.07, 6.45) is 11.4. The van der Waals surface area contributed by atoms with Crippen molar-refractivity contribution in [2.75, 3.05) is 11.9 Å². The van der Waals surface area contributed by atoms with Crippen LogP contribution in [-0.4, -0.2) is 32.7 Å². The highest BCUT2D eigenvalue weighted by atomic mass is 16.3. The number of hydrogen-bond acceptors (Lipinski definition) is 4. The Morgan fingerprint density at radius 3 is 3.04 bits per heavy atom. The highest BCUT2D eigenvalue weighted by molar-refractivity contribution is 5.91. The minimum atomic E-state index is -0.528. The van der Waals surface area contributed by atoms with Crippen LogP contribution in [0.2, 0.25) is 0 Å². The molecule has 1 aliphatic rings. The maximum Gasteiger partial charge on any atom is 0.137 e. The van der Waals surface area contributed by atoms with E-state index in [1.807, 2.05) is 42.6 Å². The van der Waals surface area contributed by atoms with Gasteiger partial charge in [-0.25, -0.2) is 9.97 Å². The summed E-state index contributed by atoms with van der Waals surface area (Å²) in [5.41, 5.74) is 3.74. The standard InChI is InChI=1S/C20H20N4O/c25-18(14-5-2-1-3-6-14)13-23-19-8-4-7-17(24-19)15-9-11-21-20-16(15)10-12-22-20/h2,4-12,18,25H,1,3,13H2,(H,21,22)(H,23,24). The molecule has 5 heteroatoms. The molecule has 0 aromatic carbocycles. The van der Waals surface area contributed by atoms with E-state index in [4.69, 9.17) is 0 Å². The van der Waals surface area contributed by atoms with Gasteiger partial charge in [0.05, 0.1) is 11.8 Å². The molecule has 0 saturated heterocycles. The summed E-state index contributed by atoms with van der Waals surface area (Å²) in [5, 5.41) is 14.6. The van der Waals surface area contributed by atoms with Crippen LogP contribution in [0.15, 0.2) is 66.5 Å². The first-order valence-electron chi connectivity index (χ1n) is 8.49. The van der Waals surface area contributed by atoms with E-state index in [1.54, 1.807) is 6.20 Å². The zero-order chi connectivity index (χ0) is 17.1. The van der Waals surface area contributed by atoms with Crippen molar-refractivity contribution in [3.05, 3.63) is 66.5 Å². The molecule has 5 nitrogen and oxygen atoms in total. The van der Waals surface area contributed by atoms with Crippen LogP contribution in [0.3, 0.4) is 0 Å². The van der Waals surface area contributed by atoms with Gasteiger partial charge in [0.1, 0.15) is 11.5 Å². The van der Waals surface area contributed by atoms with Crippen LogP contribution >= 0.6 is 0 Å². The van der Waals surface area contributed by atoms with E-state index < -0.39 is 6.10 Å². The summed E-state index contributed by atoms with van der Waals surface area (Å²) in [5.74, 6) is 0.748. The van der Waals surface area contributed by atoms with Gasteiger partial charge in [-0.1, -0.05) is 24.3 Å².